The van der Waals surface area contributed by atoms with Crippen LogP contribution in [0, 0.1) is 0 Å². The van der Waals surface area contributed by atoms with Gasteiger partial charge in [-0.05, 0) is 19.1 Å². The second kappa shape index (κ2) is 6.39. The zero-order valence-electron chi connectivity index (χ0n) is 12.2. The molecular weight excluding hydrogens is 271 g/mol. The first-order valence-electron chi connectivity index (χ1n) is 6.58. The SMILES string of the molecule is COc1cc(C(=O)c2ccccc2)c([C@@H](C)F)cc1OC. The van der Waals surface area contributed by atoms with Crippen molar-refractivity contribution in [1.29, 1.82) is 0 Å². The minimum Gasteiger partial charge on any atom is -0.493 e. The Balaban J connectivity index is 2.58. The first-order valence-corrected chi connectivity index (χ1v) is 6.58. The maximum absolute atomic E-state index is 13.9. The van der Waals surface area contributed by atoms with Crippen LogP contribution in [0.4, 0.5) is 4.39 Å². The number of rotatable bonds is 5. The molecule has 0 bridgehead atoms. The molecule has 0 saturated heterocycles. The highest BCUT2D eigenvalue weighted by molar-refractivity contribution is 6.10. The fourth-order valence-electron chi connectivity index (χ4n) is 2.17. The number of hydrogen-bond acceptors (Lipinski definition) is 3. The largest absolute Gasteiger partial charge is 0.493 e. The molecule has 0 spiro atoms. The predicted molar refractivity (Wildman–Crippen MR) is 78.9 cm³/mol. The van der Waals surface area contributed by atoms with Crippen molar-refractivity contribution in [2.75, 3.05) is 14.2 Å². The van der Waals surface area contributed by atoms with E-state index in [-0.39, 0.29) is 11.3 Å². The van der Waals surface area contributed by atoms with E-state index in [1.165, 1.54) is 33.3 Å². The summed E-state index contributed by atoms with van der Waals surface area (Å²) in [4.78, 5) is 12.6. The van der Waals surface area contributed by atoms with Gasteiger partial charge in [0.25, 0.3) is 0 Å². The fraction of sp³-hybridized carbons (Fsp3) is 0.235. The van der Waals surface area contributed by atoms with E-state index in [1.807, 2.05) is 6.07 Å². The van der Waals surface area contributed by atoms with Crippen LogP contribution in [0.3, 0.4) is 0 Å². The summed E-state index contributed by atoms with van der Waals surface area (Å²) in [6.07, 6.45) is -1.28. The van der Waals surface area contributed by atoms with Crippen LogP contribution in [0.1, 0.15) is 34.6 Å². The van der Waals surface area contributed by atoms with Crippen molar-refractivity contribution in [2.24, 2.45) is 0 Å². The lowest BCUT2D eigenvalue weighted by Crippen LogP contribution is -2.07. The second-order valence-electron chi connectivity index (χ2n) is 4.61. The number of halogens is 1. The van der Waals surface area contributed by atoms with Gasteiger partial charge in [0.15, 0.2) is 17.3 Å². The van der Waals surface area contributed by atoms with E-state index >= 15 is 0 Å². The molecule has 21 heavy (non-hydrogen) atoms. The normalized spacial score (nSPS) is 11.8. The van der Waals surface area contributed by atoms with Crippen LogP contribution in [0.25, 0.3) is 0 Å². The van der Waals surface area contributed by atoms with Gasteiger partial charge in [0, 0.05) is 16.7 Å². The van der Waals surface area contributed by atoms with Gasteiger partial charge in [-0.25, -0.2) is 4.39 Å². The number of benzene rings is 2. The summed E-state index contributed by atoms with van der Waals surface area (Å²) in [6.45, 7) is 1.39. The van der Waals surface area contributed by atoms with E-state index in [2.05, 4.69) is 0 Å². The summed E-state index contributed by atoms with van der Waals surface area (Å²) < 4.78 is 24.2. The number of ketones is 1. The van der Waals surface area contributed by atoms with Crippen LogP contribution in [0.2, 0.25) is 0 Å². The smallest absolute Gasteiger partial charge is 0.193 e. The highest BCUT2D eigenvalue weighted by Gasteiger charge is 2.21. The Hall–Kier alpha value is -2.36. The van der Waals surface area contributed by atoms with Crippen LogP contribution in [-0.2, 0) is 0 Å². The summed E-state index contributed by atoms with van der Waals surface area (Å²) in [6, 6.07) is 11.8. The average molecular weight is 288 g/mol. The monoisotopic (exact) mass is 288 g/mol. The Morgan fingerprint density at radius 2 is 1.62 bits per heavy atom. The van der Waals surface area contributed by atoms with Gasteiger partial charge in [-0.1, -0.05) is 30.3 Å². The highest BCUT2D eigenvalue weighted by Crippen LogP contribution is 2.35. The highest BCUT2D eigenvalue weighted by atomic mass is 19.1. The minimum atomic E-state index is -1.28. The number of carbonyl (C=O) groups is 1. The van der Waals surface area contributed by atoms with Gasteiger partial charge in [0.2, 0.25) is 0 Å². The molecular formula is C17H17FO3. The number of hydrogen-bond donors (Lipinski definition) is 0. The Labute approximate surface area is 123 Å². The molecule has 0 aliphatic heterocycles. The number of carbonyl (C=O) groups excluding carboxylic acids is 1. The third kappa shape index (κ3) is 3.05. The first-order chi connectivity index (χ1) is 10.1. The lowest BCUT2D eigenvalue weighted by molar-refractivity contribution is 0.103. The second-order valence-corrected chi connectivity index (χ2v) is 4.61. The predicted octanol–water partition coefficient (Wildman–Crippen LogP) is 3.97. The van der Waals surface area contributed by atoms with Crippen LogP contribution >= 0.6 is 0 Å². The Morgan fingerprint density at radius 1 is 1.05 bits per heavy atom. The molecule has 0 amide bonds. The summed E-state index contributed by atoms with van der Waals surface area (Å²) in [5, 5.41) is 0. The van der Waals surface area contributed by atoms with E-state index in [0.717, 1.165) is 0 Å². The van der Waals surface area contributed by atoms with Gasteiger partial charge in [0.1, 0.15) is 6.17 Å². The van der Waals surface area contributed by atoms with Crippen molar-refractivity contribution < 1.29 is 18.7 Å². The molecule has 0 saturated carbocycles. The molecule has 0 aliphatic carbocycles. The molecule has 2 aromatic carbocycles. The van der Waals surface area contributed by atoms with E-state index in [4.69, 9.17) is 9.47 Å². The topological polar surface area (TPSA) is 35.5 Å². The third-order valence-electron chi connectivity index (χ3n) is 3.26. The molecule has 0 N–H and O–H groups in total. The van der Waals surface area contributed by atoms with Crippen molar-refractivity contribution in [3.05, 3.63) is 59.2 Å². The van der Waals surface area contributed by atoms with Gasteiger partial charge in [-0.3, -0.25) is 4.79 Å². The molecule has 3 nitrogen and oxygen atoms in total. The van der Waals surface area contributed by atoms with Crippen molar-refractivity contribution in [1.82, 2.24) is 0 Å². The summed E-state index contributed by atoms with van der Waals surface area (Å²) in [5.74, 6) is 0.568. The standard InChI is InChI=1S/C17H17FO3/c1-11(18)13-9-15(20-2)16(21-3)10-14(13)17(19)12-7-5-4-6-8-12/h4-11H,1-3H3/t11-/m1/s1. The summed E-state index contributed by atoms with van der Waals surface area (Å²) >= 11 is 0. The van der Waals surface area contributed by atoms with Gasteiger partial charge < -0.3 is 9.47 Å². The van der Waals surface area contributed by atoms with Crippen molar-refractivity contribution >= 4 is 5.78 Å². The first kappa shape index (κ1) is 15.0. The minimum absolute atomic E-state index is 0.240. The zero-order chi connectivity index (χ0) is 15.4. The van der Waals surface area contributed by atoms with Crippen LogP contribution in [0.5, 0.6) is 11.5 Å². The number of methoxy groups -OCH3 is 2. The van der Waals surface area contributed by atoms with Gasteiger partial charge in [0.05, 0.1) is 14.2 Å². The van der Waals surface area contributed by atoms with Crippen LogP contribution in [0.15, 0.2) is 42.5 Å². The maximum atomic E-state index is 13.9. The molecule has 0 unspecified atom stereocenters. The number of alkyl halides is 1. The maximum Gasteiger partial charge on any atom is 0.193 e. The summed E-state index contributed by atoms with van der Waals surface area (Å²) in [7, 11) is 2.95. The number of ether oxygens (including phenoxy) is 2. The average Bonchev–Trinajstić information content (AvgIpc) is 2.53. The van der Waals surface area contributed by atoms with Crippen LogP contribution in [-0.4, -0.2) is 20.0 Å². The Bertz CT molecular complexity index is 636. The van der Waals surface area contributed by atoms with E-state index in [1.54, 1.807) is 24.3 Å². The Morgan fingerprint density at radius 3 is 2.14 bits per heavy atom. The molecule has 0 radical (unpaired) electrons. The third-order valence-corrected chi connectivity index (χ3v) is 3.26. The summed E-state index contributed by atoms with van der Waals surface area (Å²) in [5.41, 5.74) is 1.09. The van der Waals surface area contributed by atoms with Crippen molar-refractivity contribution in [3.63, 3.8) is 0 Å². The molecule has 110 valence electrons. The van der Waals surface area contributed by atoms with Crippen molar-refractivity contribution in [3.8, 4) is 11.5 Å². The molecule has 2 aromatic rings. The van der Waals surface area contributed by atoms with Crippen molar-refractivity contribution in [2.45, 2.75) is 13.1 Å². The molecule has 0 aromatic heterocycles. The lowest BCUT2D eigenvalue weighted by atomic mass is 9.95. The fourth-order valence-corrected chi connectivity index (χ4v) is 2.17. The van der Waals surface area contributed by atoms with Gasteiger partial charge in [-0.15, -0.1) is 0 Å². The molecule has 4 heteroatoms. The quantitative estimate of drug-likeness (QED) is 0.781. The lowest BCUT2D eigenvalue weighted by Gasteiger charge is -2.15. The van der Waals surface area contributed by atoms with E-state index in [9.17, 15) is 9.18 Å². The van der Waals surface area contributed by atoms with Gasteiger partial charge in [-0.2, -0.15) is 0 Å². The van der Waals surface area contributed by atoms with E-state index < -0.39 is 6.17 Å². The van der Waals surface area contributed by atoms with Gasteiger partial charge >= 0.3 is 0 Å². The molecule has 0 aliphatic rings. The van der Waals surface area contributed by atoms with Crippen LogP contribution < -0.4 is 9.47 Å². The molecule has 0 fully saturated rings. The molecule has 1 atom stereocenters. The Kier molecular flexibility index (Phi) is 4.58. The molecule has 0 heterocycles. The van der Waals surface area contributed by atoms with E-state index in [0.29, 0.717) is 22.6 Å². The molecule has 2 rings (SSSR count). The zero-order valence-corrected chi connectivity index (χ0v) is 12.2.